The largest absolute Gasteiger partial charge is 0.496 e. The van der Waals surface area contributed by atoms with E-state index in [1.807, 2.05) is 19.1 Å². The third-order valence-electron chi connectivity index (χ3n) is 3.16. The number of hydrogen-bond donors (Lipinski definition) is 1. The molecular weight excluding hydrogens is 222 g/mol. The van der Waals surface area contributed by atoms with Crippen molar-refractivity contribution in [2.24, 2.45) is 5.73 Å². The Morgan fingerprint density at radius 1 is 0.944 bits per heavy atom. The van der Waals surface area contributed by atoms with Gasteiger partial charge < -0.3 is 10.5 Å². The van der Waals surface area contributed by atoms with Crippen LogP contribution in [0.15, 0.2) is 42.5 Å². The lowest BCUT2D eigenvalue weighted by Crippen LogP contribution is -2.13. The number of nitrogens with two attached hydrogens (primary N) is 1. The molecule has 94 valence electrons. The molecule has 0 aliphatic carbocycles. The molecule has 2 aromatic rings. The van der Waals surface area contributed by atoms with Crippen LogP contribution in [-0.2, 0) is 0 Å². The van der Waals surface area contributed by atoms with Crippen LogP contribution < -0.4 is 10.5 Å². The van der Waals surface area contributed by atoms with Crippen molar-refractivity contribution in [1.29, 1.82) is 0 Å². The van der Waals surface area contributed by atoms with Crippen molar-refractivity contribution in [2.75, 3.05) is 7.11 Å². The van der Waals surface area contributed by atoms with E-state index in [0.717, 1.165) is 16.9 Å². The van der Waals surface area contributed by atoms with Gasteiger partial charge in [-0.1, -0.05) is 42.0 Å². The topological polar surface area (TPSA) is 35.2 Å². The van der Waals surface area contributed by atoms with E-state index in [1.165, 1.54) is 11.1 Å². The first kappa shape index (κ1) is 12.7. The summed E-state index contributed by atoms with van der Waals surface area (Å²) in [5, 5.41) is 0. The standard InChI is InChI=1S/C16H19NO/c1-11-4-7-13(8-5-11)16(17)14-9-6-12(2)10-15(14)18-3/h4-10,16H,17H2,1-3H3. The number of hydrogen-bond acceptors (Lipinski definition) is 2. The summed E-state index contributed by atoms with van der Waals surface area (Å²) in [4.78, 5) is 0. The summed E-state index contributed by atoms with van der Waals surface area (Å²) >= 11 is 0. The van der Waals surface area contributed by atoms with Crippen LogP contribution in [0.1, 0.15) is 28.3 Å². The van der Waals surface area contributed by atoms with E-state index in [4.69, 9.17) is 10.5 Å². The van der Waals surface area contributed by atoms with E-state index in [0.29, 0.717) is 0 Å². The molecule has 0 amide bonds. The van der Waals surface area contributed by atoms with Crippen LogP contribution in [0.25, 0.3) is 0 Å². The molecule has 2 aromatic carbocycles. The number of benzene rings is 2. The molecule has 2 nitrogen and oxygen atoms in total. The van der Waals surface area contributed by atoms with Crippen molar-refractivity contribution in [3.63, 3.8) is 0 Å². The highest BCUT2D eigenvalue weighted by molar-refractivity contribution is 5.43. The van der Waals surface area contributed by atoms with Gasteiger partial charge in [0.1, 0.15) is 5.75 Å². The van der Waals surface area contributed by atoms with Gasteiger partial charge >= 0.3 is 0 Å². The number of ether oxygens (including phenoxy) is 1. The smallest absolute Gasteiger partial charge is 0.124 e. The summed E-state index contributed by atoms with van der Waals surface area (Å²) in [6, 6.07) is 14.3. The van der Waals surface area contributed by atoms with Gasteiger partial charge in [-0.3, -0.25) is 0 Å². The van der Waals surface area contributed by atoms with Gasteiger partial charge in [0.2, 0.25) is 0 Å². The van der Waals surface area contributed by atoms with Gasteiger partial charge in [-0.15, -0.1) is 0 Å². The highest BCUT2D eigenvalue weighted by Crippen LogP contribution is 2.29. The van der Waals surface area contributed by atoms with E-state index in [1.54, 1.807) is 7.11 Å². The monoisotopic (exact) mass is 241 g/mol. The Balaban J connectivity index is 2.39. The molecule has 0 aliphatic rings. The molecule has 0 saturated heterocycles. The average Bonchev–Trinajstić information content (AvgIpc) is 2.38. The molecule has 2 N–H and O–H groups in total. The maximum atomic E-state index is 6.31. The molecule has 0 radical (unpaired) electrons. The van der Waals surface area contributed by atoms with Crippen LogP contribution in [0, 0.1) is 13.8 Å². The lowest BCUT2D eigenvalue weighted by Gasteiger charge is -2.17. The van der Waals surface area contributed by atoms with E-state index < -0.39 is 0 Å². The second-order valence-electron chi connectivity index (χ2n) is 4.63. The Labute approximate surface area is 108 Å². The molecule has 2 heteroatoms. The summed E-state index contributed by atoms with van der Waals surface area (Å²) in [5.74, 6) is 0.850. The highest BCUT2D eigenvalue weighted by atomic mass is 16.5. The molecule has 0 bridgehead atoms. The highest BCUT2D eigenvalue weighted by Gasteiger charge is 2.13. The maximum absolute atomic E-state index is 6.31. The van der Waals surface area contributed by atoms with Crippen molar-refractivity contribution >= 4 is 0 Å². The molecule has 18 heavy (non-hydrogen) atoms. The van der Waals surface area contributed by atoms with Gasteiger partial charge in [0.25, 0.3) is 0 Å². The van der Waals surface area contributed by atoms with Gasteiger partial charge in [0, 0.05) is 5.56 Å². The van der Waals surface area contributed by atoms with Crippen LogP contribution in [0.2, 0.25) is 0 Å². The van der Waals surface area contributed by atoms with Crippen LogP contribution in [0.5, 0.6) is 5.75 Å². The zero-order chi connectivity index (χ0) is 13.1. The Hall–Kier alpha value is -1.80. The van der Waals surface area contributed by atoms with Crippen molar-refractivity contribution in [2.45, 2.75) is 19.9 Å². The molecule has 2 rings (SSSR count). The average molecular weight is 241 g/mol. The fraction of sp³-hybridized carbons (Fsp3) is 0.250. The van der Waals surface area contributed by atoms with Crippen LogP contribution in [0.4, 0.5) is 0 Å². The Morgan fingerprint density at radius 2 is 1.56 bits per heavy atom. The van der Waals surface area contributed by atoms with Crippen LogP contribution in [-0.4, -0.2) is 7.11 Å². The minimum atomic E-state index is -0.152. The summed E-state index contributed by atoms with van der Waals surface area (Å²) in [6.07, 6.45) is 0. The SMILES string of the molecule is COc1cc(C)ccc1C(N)c1ccc(C)cc1. The molecule has 1 atom stereocenters. The van der Waals surface area contributed by atoms with Crippen LogP contribution in [0.3, 0.4) is 0 Å². The molecule has 0 heterocycles. The summed E-state index contributed by atoms with van der Waals surface area (Å²) in [6.45, 7) is 4.12. The molecule has 1 unspecified atom stereocenters. The van der Waals surface area contributed by atoms with E-state index in [9.17, 15) is 0 Å². The zero-order valence-electron chi connectivity index (χ0n) is 11.1. The summed E-state index contributed by atoms with van der Waals surface area (Å²) in [5.41, 5.74) is 10.8. The Kier molecular flexibility index (Phi) is 3.68. The first-order valence-corrected chi connectivity index (χ1v) is 6.08. The first-order chi connectivity index (χ1) is 8.61. The predicted molar refractivity (Wildman–Crippen MR) is 74.9 cm³/mol. The van der Waals surface area contributed by atoms with Crippen molar-refractivity contribution in [1.82, 2.24) is 0 Å². The third kappa shape index (κ3) is 2.54. The predicted octanol–water partition coefficient (Wildman–Crippen LogP) is 3.36. The summed E-state index contributed by atoms with van der Waals surface area (Å²) < 4.78 is 5.41. The normalized spacial score (nSPS) is 12.2. The van der Waals surface area contributed by atoms with E-state index in [2.05, 4.69) is 37.3 Å². The van der Waals surface area contributed by atoms with Gasteiger partial charge in [-0.05, 0) is 31.0 Å². The van der Waals surface area contributed by atoms with E-state index >= 15 is 0 Å². The molecule has 0 saturated carbocycles. The second kappa shape index (κ2) is 5.23. The van der Waals surface area contributed by atoms with Crippen LogP contribution >= 0.6 is 0 Å². The fourth-order valence-electron chi connectivity index (χ4n) is 2.03. The van der Waals surface area contributed by atoms with Crippen molar-refractivity contribution < 1.29 is 4.74 Å². The minimum absolute atomic E-state index is 0.152. The van der Waals surface area contributed by atoms with Gasteiger partial charge in [0.05, 0.1) is 13.2 Å². The Morgan fingerprint density at radius 3 is 2.17 bits per heavy atom. The molecular formula is C16H19NO. The Bertz CT molecular complexity index is 531. The molecule has 0 aliphatic heterocycles. The summed E-state index contributed by atoms with van der Waals surface area (Å²) in [7, 11) is 1.68. The lowest BCUT2D eigenvalue weighted by atomic mass is 9.97. The fourth-order valence-corrected chi connectivity index (χ4v) is 2.03. The van der Waals surface area contributed by atoms with Gasteiger partial charge in [0.15, 0.2) is 0 Å². The quantitative estimate of drug-likeness (QED) is 0.894. The zero-order valence-corrected chi connectivity index (χ0v) is 11.1. The first-order valence-electron chi connectivity index (χ1n) is 6.08. The lowest BCUT2D eigenvalue weighted by molar-refractivity contribution is 0.407. The van der Waals surface area contributed by atoms with Crippen molar-refractivity contribution in [3.05, 3.63) is 64.7 Å². The molecule has 0 fully saturated rings. The van der Waals surface area contributed by atoms with E-state index in [-0.39, 0.29) is 6.04 Å². The van der Waals surface area contributed by atoms with Gasteiger partial charge in [-0.2, -0.15) is 0 Å². The number of aryl methyl sites for hydroxylation is 2. The minimum Gasteiger partial charge on any atom is -0.496 e. The maximum Gasteiger partial charge on any atom is 0.124 e. The second-order valence-corrected chi connectivity index (χ2v) is 4.63. The third-order valence-corrected chi connectivity index (χ3v) is 3.16. The number of methoxy groups -OCH3 is 1. The molecule has 0 aromatic heterocycles. The number of rotatable bonds is 3. The van der Waals surface area contributed by atoms with Gasteiger partial charge in [-0.25, -0.2) is 0 Å². The van der Waals surface area contributed by atoms with Crippen molar-refractivity contribution in [3.8, 4) is 5.75 Å². The molecule has 0 spiro atoms.